The fraction of sp³-hybridized carbons (Fsp3) is 0.636. The van der Waals surface area contributed by atoms with Crippen molar-refractivity contribution in [3.8, 4) is 0 Å². The number of halogens is 1. The van der Waals surface area contributed by atoms with Gasteiger partial charge >= 0.3 is 0 Å². The molecule has 0 aliphatic carbocycles. The van der Waals surface area contributed by atoms with Gasteiger partial charge in [-0.05, 0) is 22.4 Å². The molecule has 0 atom stereocenters. The first-order chi connectivity index (χ1) is 8.19. The van der Waals surface area contributed by atoms with Gasteiger partial charge in [0, 0.05) is 19.2 Å². The van der Waals surface area contributed by atoms with Crippen molar-refractivity contribution in [3.63, 3.8) is 0 Å². The topological polar surface area (TPSA) is 47.1 Å². The van der Waals surface area contributed by atoms with E-state index in [1.807, 2.05) is 0 Å². The number of methoxy groups -OCH3 is 1. The van der Waals surface area contributed by atoms with Gasteiger partial charge in [-0.2, -0.15) is 0 Å². The van der Waals surface area contributed by atoms with E-state index in [2.05, 4.69) is 32.8 Å². The minimum absolute atomic E-state index is 0.604. The van der Waals surface area contributed by atoms with Crippen LogP contribution < -0.4 is 0 Å². The third-order valence-electron chi connectivity index (χ3n) is 2.25. The van der Waals surface area contributed by atoms with Gasteiger partial charge in [0.25, 0.3) is 0 Å². The van der Waals surface area contributed by atoms with Crippen LogP contribution >= 0.6 is 28.1 Å². The molecule has 4 nitrogen and oxygen atoms in total. The molecule has 0 aliphatic heterocycles. The van der Waals surface area contributed by atoms with E-state index < -0.39 is 0 Å². The van der Waals surface area contributed by atoms with Crippen molar-refractivity contribution in [3.05, 3.63) is 20.6 Å². The van der Waals surface area contributed by atoms with Crippen molar-refractivity contribution in [2.24, 2.45) is 0 Å². The summed E-state index contributed by atoms with van der Waals surface area (Å²) in [7, 11) is 1.66. The first kappa shape index (κ1) is 14.8. The molecule has 1 aromatic heterocycles. The standard InChI is InChI=1S/C11H17BrN2O2S/c1-3-8-10(12)11(17)14-9(13-8)4-5-16-7-6-15-2/h3-7H2,1-2H3,(H,13,14,17). The predicted molar refractivity (Wildman–Crippen MR) is 72.9 cm³/mol. The Labute approximate surface area is 115 Å². The fourth-order valence-electron chi connectivity index (χ4n) is 1.33. The summed E-state index contributed by atoms with van der Waals surface area (Å²) in [6.07, 6.45) is 1.62. The Morgan fingerprint density at radius 1 is 1.35 bits per heavy atom. The van der Waals surface area contributed by atoms with Gasteiger partial charge < -0.3 is 14.5 Å². The molecule has 0 saturated heterocycles. The lowest BCUT2D eigenvalue weighted by Gasteiger charge is -2.07. The molecule has 0 radical (unpaired) electrons. The van der Waals surface area contributed by atoms with Gasteiger partial charge in [0.1, 0.15) is 10.5 Å². The van der Waals surface area contributed by atoms with Crippen LogP contribution in [0.2, 0.25) is 0 Å². The van der Waals surface area contributed by atoms with E-state index in [-0.39, 0.29) is 0 Å². The second-order valence-electron chi connectivity index (χ2n) is 3.49. The molecule has 0 aliphatic rings. The lowest BCUT2D eigenvalue weighted by atomic mass is 10.3. The van der Waals surface area contributed by atoms with E-state index in [4.69, 9.17) is 21.7 Å². The van der Waals surface area contributed by atoms with Crippen molar-refractivity contribution >= 4 is 28.1 Å². The third-order valence-corrected chi connectivity index (χ3v) is 3.66. The number of H-pyrrole nitrogens is 1. The number of hydrogen-bond donors (Lipinski definition) is 1. The van der Waals surface area contributed by atoms with Crippen LogP contribution in [0.3, 0.4) is 0 Å². The Morgan fingerprint density at radius 2 is 2.12 bits per heavy atom. The molecule has 0 fully saturated rings. The number of rotatable bonds is 7. The van der Waals surface area contributed by atoms with Crippen LogP contribution in [0.5, 0.6) is 0 Å². The Kier molecular flexibility index (Phi) is 6.87. The highest BCUT2D eigenvalue weighted by Crippen LogP contribution is 2.16. The zero-order valence-electron chi connectivity index (χ0n) is 10.1. The molecular weight excluding hydrogens is 304 g/mol. The first-order valence-corrected chi connectivity index (χ1v) is 6.73. The van der Waals surface area contributed by atoms with E-state index in [0.29, 0.717) is 24.5 Å². The van der Waals surface area contributed by atoms with Crippen molar-refractivity contribution < 1.29 is 9.47 Å². The van der Waals surface area contributed by atoms with E-state index in [9.17, 15) is 0 Å². The third kappa shape index (κ3) is 4.83. The van der Waals surface area contributed by atoms with E-state index in [1.54, 1.807) is 7.11 Å². The van der Waals surface area contributed by atoms with Gasteiger partial charge in [0.2, 0.25) is 0 Å². The summed E-state index contributed by atoms with van der Waals surface area (Å²) in [6, 6.07) is 0. The maximum absolute atomic E-state index is 5.39. The molecule has 17 heavy (non-hydrogen) atoms. The molecule has 0 aromatic carbocycles. The first-order valence-electron chi connectivity index (χ1n) is 5.53. The second kappa shape index (κ2) is 7.92. The van der Waals surface area contributed by atoms with Crippen LogP contribution in [0.25, 0.3) is 0 Å². The molecule has 1 rings (SSSR count). The maximum Gasteiger partial charge on any atom is 0.144 e. The van der Waals surface area contributed by atoms with Crippen LogP contribution in [0.1, 0.15) is 18.4 Å². The van der Waals surface area contributed by atoms with Crippen LogP contribution in [-0.2, 0) is 22.3 Å². The van der Waals surface area contributed by atoms with E-state index >= 15 is 0 Å². The van der Waals surface area contributed by atoms with Crippen molar-refractivity contribution in [1.82, 2.24) is 9.97 Å². The second-order valence-corrected chi connectivity index (χ2v) is 4.67. The number of aromatic nitrogens is 2. The molecule has 1 aromatic rings. The quantitative estimate of drug-likeness (QED) is 0.620. The lowest BCUT2D eigenvalue weighted by molar-refractivity contribution is 0.0716. The van der Waals surface area contributed by atoms with Crippen LogP contribution in [-0.4, -0.2) is 36.9 Å². The zero-order valence-corrected chi connectivity index (χ0v) is 12.5. The normalized spacial score (nSPS) is 10.8. The van der Waals surface area contributed by atoms with Gasteiger partial charge in [-0.3, -0.25) is 0 Å². The Morgan fingerprint density at radius 3 is 2.76 bits per heavy atom. The summed E-state index contributed by atoms with van der Waals surface area (Å²) in [4.78, 5) is 7.56. The van der Waals surface area contributed by atoms with Gasteiger partial charge in [-0.15, -0.1) is 0 Å². The van der Waals surface area contributed by atoms with Gasteiger partial charge in [0.15, 0.2) is 0 Å². The van der Waals surface area contributed by atoms with Crippen LogP contribution in [0, 0.1) is 4.64 Å². The highest BCUT2D eigenvalue weighted by molar-refractivity contribution is 9.10. The fourth-order valence-corrected chi connectivity index (χ4v) is 2.03. The minimum Gasteiger partial charge on any atom is -0.382 e. The molecule has 96 valence electrons. The molecule has 0 spiro atoms. The van der Waals surface area contributed by atoms with E-state index in [1.165, 1.54) is 0 Å². The van der Waals surface area contributed by atoms with Crippen molar-refractivity contribution in [2.45, 2.75) is 19.8 Å². The maximum atomic E-state index is 5.39. The zero-order chi connectivity index (χ0) is 12.7. The molecule has 0 bridgehead atoms. The van der Waals surface area contributed by atoms with Crippen molar-refractivity contribution in [1.29, 1.82) is 0 Å². The van der Waals surface area contributed by atoms with Gasteiger partial charge in [-0.1, -0.05) is 19.1 Å². The lowest BCUT2D eigenvalue weighted by Crippen LogP contribution is -2.08. The highest BCUT2D eigenvalue weighted by Gasteiger charge is 2.04. The Bertz CT molecular complexity index is 409. The SMILES string of the molecule is CCc1[nH]c(CCOCCOC)nc(=S)c1Br. The summed E-state index contributed by atoms with van der Waals surface area (Å²) >= 11 is 8.61. The molecule has 6 heteroatoms. The van der Waals surface area contributed by atoms with Gasteiger partial charge in [0.05, 0.1) is 24.3 Å². The molecular formula is C11H17BrN2O2S. The Balaban J connectivity index is 2.54. The van der Waals surface area contributed by atoms with Crippen molar-refractivity contribution in [2.75, 3.05) is 26.9 Å². The Hall–Kier alpha value is -0.300. The number of nitrogens with zero attached hydrogens (tertiary/aromatic N) is 1. The number of hydrogen-bond acceptors (Lipinski definition) is 4. The highest BCUT2D eigenvalue weighted by atomic mass is 79.9. The van der Waals surface area contributed by atoms with Crippen LogP contribution in [0.15, 0.2) is 4.47 Å². The van der Waals surface area contributed by atoms with E-state index in [0.717, 1.165) is 28.8 Å². The van der Waals surface area contributed by atoms with Crippen LogP contribution in [0.4, 0.5) is 0 Å². The summed E-state index contributed by atoms with van der Waals surface area (Å²) in [5.74, 6) is 0.868. The molecule has 0 unspecified atom stereocenters. The summed E-state index contributed by atoms with van der Waals surface area (Å²) in [5, 5.41) is 0. The predicted octanol–water partition coefficient (Wildman–Crippen LogP) is 2.67. The molecule has 0 amide bonds. The molecule has 1 N–H and O–H groups in total. The average Bonchev–Trinajstić information content (AvgIpc) is 2.33. The summed E-state index contributed by atoms with van der Waals surface area (Å²) in [5.41, 5.74) is 1.08. The molecule has 0 saturated carbocycles. The number of aryl methyl sites for hydroxylation is 1. The largest absolute Gasteiger partial charge is 0.382 e. The number of aromatic amines is 1. The smallest absolute Gasteiger partial charge is 0.144 e. The molecule has 1 heterocycles. The average molecular weight is 321 g/mol. The monoisotopic (exact) mass is 320 g/mol. The number of ether oxygens (including phenoxy) is 2. The summed E-state index contributed by atoms with van der Waals surface area (Å²) < 4.78 is 11.8. The minimum atomic E-state index is 0.604. The number of nitrogens with one attached hydrogen (secondary N) is 1. The van der Waals surface area contributed by atoms with Gasteiger partial charge in [-0.25, -0.2) is 4.98 Å². The summed E-state index contributed by atoms with van der Waals surface area (Å²) in [6.45, 7) is 3.91.